The maximum absolute atomic E-state index is 13.5. The zero-order chi connectivity index (χ0) is 22.1. The smallest absolute Gasteiger partial charge is 0.267 e. The van der Waals surface area contributed by atoms with Crippen molar-refractivity contribution in [3.63, 3.8) is 0 Å². The number of rotatable bonds is 6. The molecule has 0 aliphatic heterocycles. The molecule has 0 aliphatic rings. The number of nitrogens with zero attached hydrogens (tertiary/aromatic N) is 4. The Morgan fingerprint density at radius 3 is 2.48 bits per heavy atom. The zero-order valence-electron chi connectivity index (χ0n) is 18.0. The summed E-state index contributed by atoms with van der Waals surface area (Å²) in [5.41, 5.74) is 3.34. The van der Waals surface area contributed by atoms with Gasteiger partial charge in [0.1, 0.15) is 0 Å². The normalized spacial score (nSPS) is 11.5. The van der Waals surface area contributed by atoms with Crippen molar-refractivity contribution >= 4 is 34.3 Å². The van der Waals surface area contributed by atoms with Crippen LogP contribution in [0.1, 0.15) is 25.0 Å². The molecule has 0 bridgehead atoms. The fourth-order valence-electron chi connectivity index (χ4n) is 3.63. The van der Waals surface area contributed by atoms with Crippen LogP contribution >= 0.6 is 11.8 Å². The van der Waals surface area contributed by atoms with E-state index < -0.39 is 0 Å². The predicted octanol–water partition coefficient (Wildman–Crippen LogP) is 3.51. The Kier molecular flexibility index (Phi) is 5.82. The van der Waals surface area contributed by atoms with Gasteiger partial charge in [-0.3, -0.25) is 14.0 Å². The summed E-state index contributed by atoms with van der Waals surface area (Å²) in [6, 6.07) is 13.3. The van der Waals surface area contributed by atoms with Crippen LogP contribution in [0, 0.1) is 19.8 Å². The van der Waals surface area contributed by atoms with Crippen molar-refractivity contribution in [3.05, 3.63) is 63.9 Å². The molecule has 0 saturated carbocycles. The van der Waals surface area contributed by atoms with Crippen molar-refractivity contribution in [2.75, 3.05) is 12.3 Å². The summed E-state index contributed by atoms with van der Waals surface area (Å²) in [5, 5.41) is 12.8. The molecule has 0 spiro atoms. The Bertz CT molecular complexity index is 1320. The number of hydrogen-bond donors (Lipinski definition) is 1. The Morgan fingerprint density at radius 1 is 1.06 bits per heavy atom. The van der Waals surface area contributed by atoms with Crippen LogP contribution in [0.5, 0.6) is 0 Å². The molecule has 0 radical (unpaired) electrons. The highest BCUT2D eigenvalue weighted by atomic mass is 32.2. The lowest BCUT2D eigenvalue weighted by molar-refractivity contribution is -0.118. The topological polar surface area (TPSA) is 81.3 Å². The number of amides is 1. The Labute approximate surface area is 184 Å². The van der Waals surface area contributed by atoms with E-state index in [9.17, 15) is 9.59 Å². The molecule has 160 valence electrons. The van der Waals surface area contributed by atoms with Gasteiger partial charge >= 0.3 is 0 Å². The van der Waals surface area contributed by atoms with Gasteiger partial charge < -0.3 is 5.32 Å². The Morgan fingerprint density at radius 2 is 1.77 bits per heavy atom. The minimum absolute atomic E-state index is 0.0529. The molecule has 31 heavy (non-hydrogen) atoms. The number of carbonyl (C=O) groups is 1. The van der Waals surface area contributed by atoms with Crippen LogP contribution in [0.25, 0.3) is 22.4 Å². The van der Waals surface area contributed by atoms with Crippen LogP contribution in [0.15, 0.2) is 52.4 Å². The highest BCUT2D eigenvalue weighted by Gasteiger charge is 2.20. The lowest BCUT2D eigenvalue weighted by Crippen LogP contribution is -2.28. The molecule has 2 heterocycles. The number of benzene rings is 2. The fraction of sp³-hybridized carbons (Fsp3) is 0.304. The van der Waals surface area contributed by atoms with Crippen LogP contribution < -0.4 is 10.9 Å². The van der Waals surface area contributed by atoms with Crippen molar-refractivity contribution in [2.45, 2.75) is 32.9 Å². The third kappa shape index (κ3) is 3.95. The van der Waals surface area contributed by atoms with Crippen molar-refractivity contribution in [2.24, 2.45) is 5.92 Å². The largest absolute Gasteiger partial charge is 0.355 e. The third-order valence-corrected chi connectivity index (χ3v) is 6.03. The summed E-state index contributed by atoms with van der Waals surface area (Å²) in [4.78, 5) is 25.7. The molecule has 2 aromatic carbocycles. The van der Waals surface area contributed by atoms with E-state index in [0.717, 1.165) is 22.3 Å². The molecule has 0 fully saturated rings. The standard InChI is InChI=1S/C23H25N5O2S/c1-14(2)12-24-19(29)13-31-23-26-25-22-27(23)18-11-6-5-10-17(18)21(30)28(22)20-15(3)8-7-9-16(20)4/h5-11,14H,12-13H2,1-4H3,(H,24,29). The molecule has 7 nitrogen and oxygen atoms in total. The van der Waals surface area contributed by atoms with E-state index in [2.05, 4.69) is 29.4 Å². The van der Waals surface area contributed by atoms with Gasteiger partial charge in [-0.1, -0.05) is 55.9 Å². The van der Waals surface area contributed by atoms with E-state index in [-0.39, 0.29) is 17.2 Å². The molecule has 2 aromatic heterocycles. The number of hydrogen-bond acceptors (Lipinski definition) is 5. The molecule has 1 N–H and O–H groups in total. The number of aryl methyl sites for hydroxylation is 2. The molecule has 8 heteroatoms. The quantitative estimate of drug-likeness (QED) is 0.469. The van der Waals surface area contributed by atoms with Crippen LogP contribution in [-0.2, 0) is 4.79 Å². The first-order valence-corrected chi connectivity index (χ1v) is 11.2. The Balaban J connectivity index is 1.88. The monoisotopic (exact) mass is 435 g/mol. The highest BCUT2D eigenvalue weighted by molar-refractivity contribution is 7.99. The van der Waals surface area contributed by atoms with Gasteiger partial charge in [0.15, 0.2) is 5.16 Å². The summed E-state index contributed by atoms with van der Waals surface area (Å²) in [6.45, 7) is 8.70. The second-order valence-corrected chi connectivity index (χ2v) is 8.95. The van der Waals surface area contributed by atoms with Crippen molar-refractivity contribution in [1.29, 1.82) is 0 Å². The number of nitrogens with one attached hydrogen (secondary N) is 1. The van der Waals surface area contributed by atoms with Gasteiger partial charge in [0.05, 0.1) is 22.3 Å². The van der Waals surface area contributed by atoms with Crippen LogP contribution in [0.3, 0.4) is 0 Å². The summed E-state index contributed by atoms with van der Waals surface area (Å²) in [5.74, 6) is 0.997. The lowest BCUT2D eigenvalue weighted by Gasteiger charge is -2.15. The molecule has 0 saturated heterocycles. The fourth-order valence-corrected chi connectivity index (χ4v) is 4.40. The molecular weight excluding hydrogens is 410 g/mol. The van der Waals surface area contributed by atoms with E-state index in [1.807, 2.05) is 60.7 Å². The zero-order valence-corrected chi connectivity index (χ0v) is 18.9. The van der Waals surface area contributed by atoms with Gasteiger partial charge in [-0.15, -0.1) is 10.2 Å². The van der Waals surface area contributed by atoms with Gasteiger partial charge in [0.2, 0.25) is 11.7 Å². The Hall–Kier alpha value is -3.13. The number of aromatic nitrogens is 4. The van der Waals surface area contributed by atoms with Crippen molar-refractivity contribution in [3.8, 4) is 5.69 Å². The number of thioether (sulfide) groups is 1. The lowest BCUT2D eigenvalue weighted by atomic mass is 10.1. The number of para-hydroxylation sites is 2. The number of carbonyl (C=O) groups excluding carboxylic acids is 1. The predicted molar refractivity (Wildman–Crippen MR) is 124 cm³/mol. The molecule has 0 aliphatic carbocycles. The first-order valence-electron chi connectivity index (χ1n) is 10.2. The average molecular weight is 436 g/mol. The second-order valence-electron chi connectivity index (χ2n) is 8.00. The van der Waals surface area contributed by atoms with E-state index in [4.69, 9.17) is 0 Å². The maximum atomic E-state index is 13.5. The van der Waals surface area contributed by atoms with E-state index in [1.165, 1.54) is 11.8 Å². The molecule has 0 atom stereocenters. The SMILES string of the molecule is Cc1cccc(C)c1-n1c(=O)c2ccccc2n2c(SCC(=O)NCC(C)C)nnc12. The van der Waals surface area contributed by atoms with Gasteiger partial charge in [-0.25, -0.2) is 4.57 Å². The minimum Gasteiger partial charge on any atom is -0.355 e. The van der Waals surface area contributed by atoms with Gasteiger partial charge in [-0.2, -0.15) is 0 Å². The van der Waals surface area contributed by atoms with Gasteiger partial charge in [0, 0.05) is 6.54 Å². The average Bonchev–Trinajstić information content (AvgIpc) is 3.16. The van der Waals surface area contributed by atoms with Gasteiger partial charge in [-0.05, 0) is 43.0 Å². The highest BCUT2D eigenvalue weighted by Crippen LogP contribution is 2.25. The molecular formula is C23H25N5O2S. The third-order valence-electron chi connectivity index (χ3n) is 5.10. The minimum atomic E-state index is -0.140. The molecule has 0 unspecified atom stereocenters. The first-order chi connectivity index (χ1) is 14.9. The van der Waals surface area contributed by atoms with Crippen LogP contribution in [-0.4, -0.2) is 37.4 Å². The molecule has 1 amide bonds. The molecule has 4 rings (SSSR count). The number of fused-ring (bicyclic) bond motifs is 3. The van der Waals surface area contributed by atoms with Crippen LogP contribution in [0.4, 0.5) is 0 Å². The maximum Gasteiger partial charge on any atom is 0.267 e. The molecule has 4 aromatic rings. The van der Waals surface area contributed by atoms with Gasteiger partial charge in [0.25, 0.3) is 5.56 Å². The summed E-state index contributed by atoms with van der Waals surface area (Å²) in [6.07, 6.45) is 0. The summed E-state index contributed by atoms with van der Waals surface area (Å²) >= 11 is 1.31. The summed E-state index contributed by atoms with van der Waals surface area (Å²) in [7, 11) is 0. The van der Waals surface area contributed by atoms with E-state index in [0.29, 0.717) is 28.8 Å². The van der Waals surface area contributed by atoms with Crippen molar-refractivity contribution < 1.29 is 4.79 Å². The van der Waals surface area contributed by atoms with E-state index in [1.54, 1.807) is 4.57 Å². The van der Waals surface area contributed by atoms with Crippen molar-refractivity contribution in [1.82, 2.24) is 24.5 Å². The first kappa shape index (κ1) is 21.1. The summed E-state index contributed by atoms with van der Waals surface area (Å²) < 4.78 is 3.49. The van der Waals surface area contributed by atoms with Crippen LogP contribution in [0.2, 0.25) is 0 Å². The second kappa shape index (κ2) is 8.55. The van der Waals surface area contributed by atoms with E-state index >= 15 is 0 Å².